The monoisotopic (exact) mass is 486 g/mol. The topological polar surface area (TPSA) is 117 Å². The Bertz CT molecular complexity index is 1490. The van der Waals surface area contributed by atoms with Crippen LogP contribution in [-0.4, -0.2) is 34.6 Å². The van der Waals surface area contributed by atoms with E-state index in [0.717, 1.165) is 0 Å². The molecule has 2 aromatic heterocycles. The molecule has 184 valence electrons. The molecule has 0 saturated carbocycles. The van der Waals surface area contributed by atoms with Gasteiger partial charge in [0.05, 0.1) is 24.9 Å². The quantitative estimate of drug-likeness (QED) is 0.563. The highest BCUT2D eigenvalue weighted by atomic mass is 16.5. The number of rotatable bonds is 4. The molecule has 0 bridgehead atoms. The van der Waals surface area contributed by atoms with Crippen molar-refractivity contribution in [3.8, 4) is 5.75 Å². The van der Waals surface area contributed by atoms with Crippen LogP contribution in [-0.2, 0) is 26.3 Å². The molecule has 0 aliphatic carbocycles. The summed E-state index contributed by atoms with van der Waals surface area (Å²) in [5, 5.41) is 0. The highest BCUT2D eigenvalue weighted by Crippen LogP contribution is 2.55. The first kappa shape index (κ1) is 23.3. The van der Waals surface area contributed by atoms with Gasteiger partial charge in [-0.3, -0.25) is 14.6 Å². The Morgan fingerprint density at radius 2 is 1.89 bits per heavy atom. The first-order valence-electron chi connectivity index (χ1n) is 11.6. The summed E-state index contributed by atoms with van der Waals surface area (Å²) in [6, 6.07) is 13.9. The molecule has 1 amide bonds. The van der Waals surface area contributed by atoms with E-state index in [2.05, 4.69) is 4.98 Å². The van der Waals surface area contributed by atoms with E-state index < -0.39 is 22.9 Å². The minimum atomic E-state index is -1.83. The average molecular weight is 487 g/mol. The standard InChI is InChI=1S/C27H26N4O5/c1-15(2)31-19-11-6-5-10-18(19)27(26(31)34)21-20(36-23(28)22(27)25(33)35-4)13-16(3)30(24(21)32)14-17-9-7-8-12-29-17/h5-13,15H,14,28H2,1-4H3. The fourth-order valence-corrected chi connectivity index (χ4v) is 5.25. The van der Waals surface area contributed by atoms with E-state index in [0.29, 0.717) is 22.6 Å². The number of esters is 1. The Labute approximate surface area is 207 Å². The highest BCUT2D eigenvalue weighted by molar-refractivity contribution is 6.18. The van der Waals surface area contributed by atoms with E-state index in [1.54, 1.807) is 54.4 Å². The molecule has 5 rings (SSSR count). The molecule has 36 heavy (non-hydrogen) atoms. The Hall–Kier alpha value is -4.40. The third-order valence-electron chi connectivity index (χ3n) is 6.75. The van der Waals surface area contributed by atoms with Crippen LogP contribution in [0, 0.1) is 6.92 Å². The summed E-state index contributed by atoms with van der Waals surface area (Å²) in [6.45, 7) is 5.67. The van der Waals surface area contributed by atoms with E-state index in [9.17, 15) is 14.4 Å². The van der Waals surface area contributed by atoms with Crippen molar-refractivity contribution in [3.63, 3.8) is 0 Å². The smallest absolute Gasteiger partial charge is 0.340 e. The number of para-hydroxylation sites is 1. The van der Waals surface area contributed by atoms with Crippen molar-refractivity contribution in [1.29, 1.82) is 0 Å². The molecular weight excluding hydrogens is 460 g/mol. The van der Waals surface area contributed by atoms with Gasteiger partial charge in [-0.25, -0.2) is 4.79 Å². The van der Waals surface area contributed by atoms with Crippen LogP contribution in [0.1, 0.15) is 36.4 Å². The molecule has 1 aromatic carbocycles. The second-order valence-corrected chi connectivity index (χ2v) is 9.11. The van der Waals surface area contributed by atoms with Gasteiger partial charge in [-0.1, -0.05) is 24.3 Å². The number of carbonyl (C=O) groups excluding carboxylic acids is 2. The number of pyridine rings is 2. The molecule has 1 spiro atoms. The maximum atomic E-state index is 14.4. The minimum absolute atomic E-state index is 0.0271. The largest absolute Gasteiger partial charge is 0.465 e. The van der Waals surface area contributed by atoms with Gasteiger partial charge in [-0.05, 0) is 39.0 Å². The predicted octanol–water partition coefficient (Wildman–Crippen LogP) is 2.38. The number of methoxy groups -OCH3 is 1. The van der Waals surface area contributed by atoms with Gasteiger partial charge in [0.15, 0.2) is 0 Å². The lowest BCUT2D eigenvalue weighted by Gasteiger charge is -2.36. The average Bonchev–Trinajstić information content (AvgIpc) is 3.10. The summed E-state index contributed by atoms with van der Waals surface area (Å²) in [4.78, 5) is 47.8. The molecule has 1 atom stereocenters. The van der Waals surface area contributed by atoms with Gasteiger partial charge in [0.2, 0.25) is 11.8 Å². The summed E-state index contributed by atoms with van der Waals surface area (Å²) in [6.07, 6.45) is 1.65. The van der Waals surface area contributed by atoms with Crippen LogP contribution in [0.5, 0.6) is 5.75 Å². The number of nitrogens with two attached hydrogens (primary N) is 1. The zero-order chi connectivity index (χ0) is 25.8. The van der Waals surface area contributed by atoms with Crippen LogP contribution in [0.2, 0.25) is 0 Å². The van der Waals surface area contributed by atoms with Crippen LogP contribution in [0.25, 0.3) is 0 Å². The molecule has 1 unspecified atom stereocenters. The number of benzene rings is 1. The van der Waals surface area contributed by atoms with Gasteiger partial charge in [-0.2, -0.15) is 0 Å². The molecule has 2 N–H and O–H groups in total. The molecule has 2 aliphatic rings. The minimum Gasteiger partial charge on any atom is -0.465 e. The van der Waals surface area contributed by atoms with Crippen molar-refractivity contribution in [2.24, 2.45) is 5.73 Å². The van der Waals surface area contributed by atoms with Gasteiger partial charge in [0, 0.05) is 35.2 Å². The third-order valence-corrected chi connectivity index (χ3v) is 6.75. The molecule has 0 fully saturated rings. The molecule has 3 aromatic rings. The SMILES string of the molecule is COC(=O)C1=C(N)Oc2cc(C)n(Cc3ccccn3)c(=O)c2C12C(=O)N(C(C)C)c1ccccc12. The van der Waals surface area contributed by atoms with Gasteiger partial charge in [0.1, 0.15) is 16.7 Å². The van der Waals surface area contributed by atoms with Crippen molar-refractivity contribution < 1.29 is 19.1 Å². The van der Waals surface area contributed by atoms with E-state index in [1.807, 2.05) is 26.0 Å². The van der Waals surface area contributed by atoms with E-state index in [4.69, 9.17) is 15.2 Å². The normalized spacial score (nSPS) is 18.4. The number of aromatic nitrogens is 2. The number of fused-ring (bicyclic) bond motifs is 4. The van der Waals surface area contributed by atoms with Gasteiger partial charge in [-0.15, -0.1) is 0 Å². The number of hydrogen-bond acceptors (Lipinski definition) is 7. The molecular formula is C27H26N4O5. The summed E-state index contributed by atoms with van der Waals surface area (Å²) in [5.41, 5.74) is 6.14. The molecule has 4 heterocycles. The summed E-state index contributed by atoms with van der Waals surface area (Å²) in [5.74, 6) is -1.45. The second-order valence-electron chi connectivity index (χ2n) is 9.11. The first-order valence-corrected chi connectivity index (χ1v) is 11.6. The zero-order valence-electron chi connectivity index (χ0n) is 20.4. The van der Waals surface area contributed by atoms with Gasteiger partial charge < -0.3 is 24.7 Å². The Kier molecular flexibility index (Phi) is 5.43. The Morgan fingerprint density at radius 1 is 1.17 bits per heavy atom. The number of aryl methyl sites for hydroxylation is 1. The number of hydrogen-bond donors (Lipinski definition) is 1. The molecule has 2 aliphatic heterocycles. The number of nitrogens with zero attached hydrogens (tertiary/aromatic N) is 3. The number of amides is 1. The number of ether oxygens (including phenoxy) is 2. The molecule has 9 nitrogen and oxygen atoms in total. The van der Waals surface area contributed by atoms with Crippen molar-refractivity contribution in [1.82, 2.24) is 9.55 Å². The van der Waals surface area contributed by atoms with E-state index in [-0.39, 0.29) is 35.4 Å². The summed E-state index contributed by atoms with van der Waals surface area (Å²) in [7, 11) is 1.20. The van der Waals surface area contributed by atoms with Gasteiger partial charge >= 0.3 is 5.97 Å². The van der Waals surface area contributed by atoms with Crippen LogP contribution in [0.15, 0.2) is 71.0 Å². The van der Waals surface area contributed by atoms with Crippen molar-refractivity contribution in [2.45, 2.75) is 38.8 Å². The van der Waals surface area contributed by atoms with E-state index in [1.165, 1.54) is 11.7 Å². The lowest BCUT2D eigenvalue weighted by atomic mass is 9.68. The second kappa shape index (κ2) is 8.37. The van der Waals surface area contributed by atoms with Crippen LogP contribution >= 0.6 is 0 Å². The van der Waals surface area contributed by atoms with Crippen molar-refractivity contribution in [2.75, 3.05) is 12.0 Å². The summed E-state index contributed by atoms with van der Waals surface area (Å²) >= 11 is 0. The lowest BCUT2D eigenvalue weighted by Crippen LogP contribution is -2.53. The lowest BCUT2D eigenvalue weighted by molar-refractivity contribution is -0.138. The van der Waals surface area contributed by atoms with Gasteiger partial charge in [0.25, 0.3) is 5.56 Å². The summed E-state index contributed by atoms with van der Waals surface area (Å²) < 4.78 is 12.4. The number of carbonyl (C=O) groups is 2. The maximum absolute atomic E-state index is 14.4. The van der Waals surface area contributed by atoms with Crippen molar-refractivity contribution in [3.05, 3.63) is 99.1 Å². The van der Waals surface area contributed by atoms with Crippen LogP contribution in [0.4, 0.5) is 5.69 Å². The maximum Gasteiger partial charge on any atom is 0.340 e. The zero-order valence-corrected chi connectivity index (χ0v) is 20.4. The molecule has 0 saturated heterocycles. The Balaban J connectivity index is 1.90. The van der Waals surface area contributed by atoms with Crippen LogP contribution < -0.4 is 20.9 Å². The molecule has 0 radical (unpaired) electrons. The predicted molar refractivity (Wildman–Crippen MR) is 132 cm³/mol. The number of anilines is 1. The van der Waals surface area contributed by atoms with Crippen molar-refractivity contribution >= 4 is 17.6 Å². The fourth-order valence-electron chi connectivity index (χ4n) is 5.25. The van der Waals surface area contributed by atoms with E-state index >= 15 is 0 Å². The highest BCUT2D eigenvalue weighted by Gasteiger charge is 2.62. The third kappa shape index (κ3) is 3.08. The Morgan fingerprint density at radius 3 is 2.56 bits per heavy atom. The van der Waals surface area contributed by atoms with Crippen LogP contribution in [0.3, 0.4) is 0 Å². The molecule has 9 heteroatoms. The first-order chi connectivity index (χ1) is 17.2. The fraction of sp³-hybridized carbons (Fsp3) is 0.259.